The Morgan fingerprint density at radius 1 is 1.29 bits per heavy atom. The molecule has 0 saturated carbocycles. The summed E-state index contributed by atoms with van der Waals surface area (Å²) in [7, 11) is -3.61. The molecule has 0 aliphatic rings. The lowest BCUT2D eigenvalue weighted by atomic mass is 10.2. The Morgan fingerprint density at radius 3 is 2.43 bits per heavy atom. The fourth-order valence-corrected chi connectivity index (χ4v) is 3.52. The van der Waals surface area contributed by atoms with Crippen molar-refractivity contribution in [3.05, 3.63) is 35.9 Å². The third-order valence-electron chi connectivity index (χ3n) is 2.56. The van der Waals surface area contributed by atoms with Crippen LogP contribution in [-0.4, -0.2) is 31.9 Å². The maximum Gasteiger partial charge on any atom is 0.324 e. The van der Waals surface area contributed by atoms with Gasteiger partial charge >= 0.3 is 5.97 Å². The average Bonchev–Trinajstić information content (AvgIpc) is 2.37. The van der Waals surface area contributed by atoms with Gasteiger partial charge in [0, 0.05) is 5.33 Å². The highest BCUT2D eigenvalue weighted by molar-refractivity contribution is 9.09. The van der Waals surface area contributed by atoms with Crippen LogP contribution < -0.4 is 4.72 Å². The van der Waals surface area contributed by atoms with Crippen molar-refractivity contribution in [3.63, 3.8) is 0 Å². The number of nitrogens with one attached hydrogen (secondary N) is 1. The minimum Gasteiger partial charge on any atom is -0.462 e. The topological polar surface area (TPSA) is 72.5 Å². The number of rotatable bonds is 8. The third-order valence-corrected chi connectivity index (χ3v) is 4.37. The summed E-state index contributed by atoms with van der Waals surface area (Å²) in [4.78, 5) is 11.9. The number of benzene rings is 1. The van der Waals surface area contributed by atoms with Crippen LogP contribution in [0.4, 0.5) is 0 Å². The van der Waals surface area contributed by atoms with Gasteiger partial charge in [0.2, 0.25) is 10.0 Å². The molecule has 0 bridgehead atoms. The molecule has 1 aromatic carbocycles. The van der Waals surface area contributed by atoms with Crippen LogP contribution in [0, 0.1) is 0 Å². The Hall–Kier alpha value is -0.920. The van der Waals surface area contributed by atoms with E-state index in [0.717, 1.165) is 0 Å². The number of hydrogen-bond acceptors (Lipinski definition) is 4. The van der Waals surface area contributed by atoms with Gasteiger partial charge in [0.15, 0.2) is 0 Å². The summed E-state index contributed by atoms with van der Waals surface area (Å²) in [6.07, 6.45) is 0.0495. The second kappa shape index (κ2) is 8.51. The number of ether oxygens (including phenoxy) is 1. The fraction of sp³-hybridized carbons (Fsp3) is 0.500. The molecule has 0 amide bonds. The Balaban J connectivity index is 2.75. The Bertz CT molecular complexity index is 545. The molecule has 0 saturated heterocycles. The highest BCUT2D eigenvalue weighted by Crippen LogP contribution is 2.08. The average molecular weight is 378 g/mol. The lowest BCUT2D eigenvalue weighted by Crippen LogP contribution is -2.43. The minimum atomic E-state index is -3.61. The normalized spacial score (nSPS) is 13.1. The van der Waals surface area contributed by atoms with E-state index < -0.39 is 22.0 Å². The molecule has 118 valence electrons. The molecule has 7 heteroatoms. The van der Waals surface area contributed by atoms with Gasteiger partial charge in [0.1, 0.15) is 6.04 Å². The number of esters is 1. The molecule has 0 aliphatic carbocycles. The lowest BCUT2D eigenvalue weighted by molar-refractivity contribution is -0.149. The Labute approximate surface area is 134 Å². The summed E-state index contributed by atoms with van der Waals surface area (Å²) < 4.78 is 31.8. The standard InChI is InChI=1S/C14H20BrNO4S/c1-11(2)20-14(17)13(8-9-15)16-21(18,19)10-12-6-4-3-5-7-12/h3-7,11,13,16H,8-10H2,1-2H3/t13-/m1/s1. The van der Waals surface area contributed by atoms with Crippen LogP contribution >= 0.6 is 15.9 Å². The first kappa shape index (κ1) is 18.1. The smallest absolute Gasteiger partial charge is 0.324 e. The number of carbonyl (C=O) groups excluding carboxylic acids is 1. The molecule has 0 fully saturated rings. The van der Waals surface area contributed by atoms with E-state index in [4.69, 9.17) is 4.74 Å². The van der Waals surface area contributed by atoms with Crippen LogP contribution in [0.25, 0.3) is 0 Å². The van der Waals surface area contributed by atoms with Gasteiger partial charge in [-0.1, -0.05) is 46.3 Å². The van der Waals surface area contributed by atoms with E-state index in [0.29, 0.717) is 17.3 Å². The van der Waals surface area contributed by atoms with Crippen molar-refractivity contribution in [3.8, 4) is 0 Å². The molecule has 1 aromatic rings. The van der Waals surface area contributed by atoms with Gasteiger partial charge in [0.25, 0.3) is 0 Å². The lowest BCUT2D eigenvalue weighted by Gasteiger charge is -2.18. The van der Waals surface area contributed by atoms with Gasteiger partial charge in [-0.25, -0.2) is 13.1 Å². The van der Waals surface area contributed by atoms with Crippen molar-refractivity contribution in [2.45, 2.75) is 38.2 Å². The van der Waals surface area contributed by atoms with Crippen LogP contribution in [-0.2, 0) is 25.3 Å². The van der Waals surface area contributed by atoms with Crippen molar-refractivity contribution < 1.29 is 17.9 Å². The number of alkyl halides is 1. The highest BCUT2D eigenvalue weighted by atomic mass is 79.9. The molecule has 0 unspecified atom stereocenters. The van der Waals surface area contributed by atoms with Crippen molar-refractivity contribution >= 4 is 31.9 Å². The fourth-order valence-electron chi connectivity index (χ4n) is 1.70. The first-order valence-electron chi connectivity index (χ1n) is 6.64. The van der Waals surface area contributed by atoms with Crippen LogP contribution in [0.2, 0.25) is 0 Å². The summed E-state index contributed by atoms with van der Waals surface area (Å²) in [6, 6.07) is 7.94. The summed E-state index contributed by atoms with van der Waals surface area (Å²) in [5.41, 5.74) is 0.666. The third kappa shape index (κ3) is 7.06. The first-order chi connectivity index (χ1) is 9.84. The van der Waals surface area contributed by atoms with Gasteiger partial charge in [-0.2, -0.15) is 0 Å². The predicted octanol–water partition coefficient (Wildman–Crippen LogP) is 2.21. The second-order valence-corrected chi connectivity index (χ2v) is 7.43. The van der Waals surface area contributed by atoms with Crippen LogP contribution in [0.1, 0.15) is 25.8 Å². The zero-order valence-electron chi connectivity index (χ0n) is 12.1. The summed E-state index contributed by atoms with van der Waals surface area (Å²) in [5.74, 6) is -0.720. The number of carbonyl (C=O) groups is 1. The summed E-state index contributed by atoms with van der Waals surface area (Å²) in [5, 5.41) is 0.499. The Morgan fingerprint density at radius 2 is 1.90 bits per heavy atom. The highest BCUT2D eigenvalue weighted by Gasteiger charge is 2.26. The van der Waals surface area contributed by atoms with Gasteiger partial charge in [-0.05, 0) is 25.8 Å². The van der Waals surface area contributed by atoms with E-state index in [-0.39, 0.29) is 11.9 Å². The number of hydrogen-bond donors (Lipinski definition) is 1. The van der Waals surface area contributed by atoms with Crippen molar-refractivity contribution in [2.24, 2.45) is 0 Å². The molecular formula is C14H20BrNO4S. The molecule has 0 aromatic heterocycles. The zero-order chi connectivity index (χ0) is 15.9. The predicted molar refractivity (Wildman–Crippen MR) is 85.6 cm³/mol. The van der Waals surface area contributed by atoms with Crippen LogP contribution in [0.5, 0.6) is 0 Å². The second-order valence-electron chi connectivity index (χ2n) is 4.88. The maximum absolute atomic E-state index is 12.1. The Kier molecular flexibility index (Phi) is 7.34. The number of sulfonamides is 1. The molecule has 1 atom stereocenters. The zero-order valence-corrected chi connectivity index (χ0v) is 14.5. The monoisotopic (exact) mass is 377 g/mol. The van der Waals surface area contributed by atoms with E-state index in [1.807, 2.05) is 6.07 Å². The molecule has 0 aliphatic heterocycles. The van der Waals surface area contributed by atoms with Gasteiger partial charge in [0.05, 0.1) is 11.9 Å². The van der Waals surface area contributed by atoms with Crippen LogP contribution in [0.3, 0.4) is 0 Å². The molecule has 0 spiro atoms. The van der Waals surface area contributed by atoms with Crippen LogP contribution in [0.15, 0.2) is 30.3 Å². The molecule has 0 heterocycles. The van der Waals surface area contributed by atoms with Gasteiger partial charge < -0.3 is 4.74 Å². The maximum atomic E-state index is 12.1. The van der Waals surface area contributed by atoms with Gasteiger partial charge in [-0.15, -0.1) is 0 Å². The number of halogens is 1. The van der Waals surface area contributed by atoms with E-state index in [9.17, 15) is 13.2 Å². The largest absolute Gasteiger partial charge is 0.462 e. The molecule has 21 heavy (non-hydrogen) atoms. The molecular weight excluding hydrogens is 358 g/mol. The molecule has 1 N–H and O–H groups in total. The summed E-state index contributed by atoms with van der Waals surface area (Å²) >= 11 is 3.22. The summed E-state index contributed by atoms with van der Waals surface area (Å²) in [6.45, 7) is 3.45. The van der Waals surface area contributed by atoms with Crippen molar-refractivity contribution in [2.75, 3.05) is 5.33 Å². The molecule has 1 rings (SSSR count). The SMILES string of the molecule is CC(C)OC(=O)[C@@H](CCBr)NS(=O)(=O)Cc1ccccc1. The van der Waals surface area contributed by atoms with Gasteiger partial charge in [-0.3, -0.25) is 4.79 Å². The van der Waals surface area contributed by atoms with E-state index >= 15 is 0 Å². The van der Waals surface area contributed by atoms with E-state index in [1.165, 1.54) is 0 Å². The molecule has 5 nitrogen and oxygen atoms in total. The van der Waals surface area contributed by atoms with E-state index in [2.05, 4.69) is 20.7 Å². The first-order valence-corrected chi connectivity index (χ1v) is 9.42. The van der Waals surface area contributed by atoms with Crippen molar-refractivity contribution in [1.82, 2.24) is 4.72 Å². The van der Waals surface area contributed by atoms with Crippen molar-refractivity contribution in [1.29, 1.82) is 0 Å². The minimum absolute atomic E-state index is 0.165. The quantitative estimate of drug-likeness (QED) is 0.556. The van der Waals surface area contributed by atoms with E-state index in [1.54, 1.807) is 38.1 Å². The molecule has 0 radical (unpaired) electrons.